The van der Waals surface area contributed by atoms with Crippen LogP contribution in [0.5, 0.6) is 11.5 Å². The molecule has 2 amide bonds. The molecule has 1 atom stereocenters. The predicted octanol–water partition coefficient (Wildman–Crippen LogP) is 3.16. The van der Waals surface area contributed by atoms with Gasteiger partial charge in [0.25, 0.3) is 5.91 Å². The zero-order valence-corrected chi connectivity index (χ0v) is 15.7. The van der Waals surface area contributed by atoms with Crippen molar-refractivity contribution in [2.24, 2.45) is 5.92 Å². The standard InChI is InChI=1S/C21H24N2O4/c1-13(2)19(23-20(24)15-6-4-14(3)5-7-15)21(25)22-16-8-9-17-18(12-16)27-11-10-26-17/h4-9,12-13,19H,10-11H2,1-3H3,(H,22,25)(H,23,24). The normalized spacial score (nSPS) is 13.8. The van der Waals surface area contributed by atoms with Gasteiger partial charge in [-0.3, -0.25) is 9.59 Å². The molecule has 0 fully saturated rings. The summed E-state index contributed by atoms with van der Waals surface area (Å²) in [6.45, 7) is 6.73. The van der Waals surface area contributed by atoms with E-state index in [0.717, 1.165) is 5.56 Å². The van der Waals surface area contributed by atoms with E-state index in [-0.39, 0.29) is 17.7 Å². The number of carbonyl (C=O) groups is 2. The second-order valence-corrected chi connectivity index (χ2v) is 6.91. The van der Waals surface area contributed by atoms with E-state index in [1.807, 2.05) is 32.9 Å². The number of nitrogens with one attached hydrogen (secondary N) is 2. The number of benzene rings is 2. The Bertz CT molecular complexity index is 831. The van der Waals surface area contributed by atoms with E-state index in [4.69, 9.17) is 9.47 Å². The number of aryl methyl sites for hydroxylation is 1. The lowest BCUT2D eigenvalue weighted by atomic mass is 10.0. The van der Waals surface area contributed by atoms with Crippen LogP contribution in [0, 0.1) is 12.8 Å². The van der Waals surface area contributed by atoms with Crippen molar-refractivity contribution in [1.29, 1.82) is 0 Å². The Hall–Kier alpha value is -3.02. The van der Waals surface area contributed by atoms with Crippen molar-refractivity contribution < 1.29 is 19.1 Å². The van der Waals surface area contributed by atoms with E-state index in [0.29, 0.717) is 36.0 Å². The molecule has 1 aliphatic rings. The highest BCUT2D eigenvalue weighted by Crippen LogP contribution is 2.32. The first-order valence-corrected chi connectivity index (χ1v) is 9.02. The molecule has 27 heavy (non-hydrogen) atoms. The van der Waals surface area contributed by atoms with Crippen LogP contribution in [0.15, 0.2) is 42.5 Å². The van der Waals surface area contributed by atoms with Gasteiger partial charge in [0, 0.05) is 17.3 Å². The van der Waals surface area contributed by atoms with Crippen molar-refractivity contribution in [3.05, 3.63) is 53.6 Å². The highest BCUT2D eigenvalue weighted by molar-refractivity contribution is 6.01. The quantitative estimate of drug-likeness (QED) is 0.850. The molecule has 0 saturated carbocycles. The summed E-state index contributed by atoms with van der Waals surface area (Å²) in [7, 11) is 0. The average Bonchev–Trinajstić information content (AvgIpc) is 2.66. The van der Waals surface area contributed by atoms with Gasteiger partial charge in [0.2, 0.25) is 5.91 Å². The van der Waals surface area contributed by atoms with Crippen LogP contribution in [0.1, 0.15) is 29.8 Å². The first-order chi connectivity index (χ1) is 12.9. The van der Waals surface area contributed by atoms with Crippen molar-refractivity contribution >= 4 is 17.5 Å². The molecule has 0 aromatic heterocycles. The molecule has 6 nitrogen and oxygen atoms in total. The number of fused-ring (bicyclic) bond motifs is 1. The van der Waals surface area contributed by atoms with Gasteiger partial charge >= 0.3 is 0 Å². The fourth-order valence-electron chi connectivity index (χ4n) is 2.81. The summed E-state index contributed by atoms with van der Waals surface area (Å²) in [5.74, 6) is 0.640. The number of anilines is 1. The van der Waals surface area contributed by atoms with Gasteiger partial charge in [0.15, 0.2) is 11.5 Å². The Balaban J connectivity index is 1.70. The number of rotatable bonds is 5. The van der Waals surface area contributed by atoms with Gasteiger partial charge in [-0.05, 0) is 37.1 Å². The number of hydrogen-bond donors (Lipinski definition) is 2. The third kappa shape index (κ3) is 4.58. The average molecular weight is 368 g/mol. The van der Waals surface area contributed by atoms with E-state index in [1.165, 1.54) is 0 Å². The van der Waals surface area contributed by atoms with Gasteiger partial charge in [-0.15, -0.1) is 0 Å². The van der Waals surface area contributed by atoms with E-state index < -0.39 is 6.04 Å². The monoisotopic (exact) mass is 368 g/mol. The topological polar surface area (TPSA) is 76.7 Å². The zero-order valence-electron chi connectivity index (χ0n) is 15.7. The first kappa shape index (κ1) is 18.8. The Kier molecular flexibility index (Phi) is 5.64. The van der Waals surface area contributed by atoms with E-state index in [1.54, 1.807) is 30.3 Å². The molecule has 3 rings (SSSR count). The molecule has 2 aromatic rings. The largest absolute Gasteiger partial charge is 0.486 e. The molecule has 6 heteroatoms. The first-order valence-electron chi connectivity index (χ1n) is 9.02. The molecule has 2 N–H and O–H groups in total. The fraction of sp³-hybridized carbons (Fsp3) is 0.333. The summed E-state index contributed by atoms with van der Waals surface area (Å²) < 4.78 is 11.0. The maximum Gasteiger partial charge on any atom is 0.251 e. The third-order valence-electron chi connectivity index (χ3n) is 4.36. The lowest BCUT2D eigenvalue weighted by Crippen LogP contribution is -2.47. The van der Waals surface area contributed by atoms with Crippen LogP contribution >= 0.6 is 0 Å². The minimum absolute atomic E-state index is 0.0726. The van der Waals surface area contributed by atoms with Crippen molar-refractivity contribution in [3.8, 4) is 11.5 Å². The highest BCUT2D eigenvalue weighted by Gasteiger charge is 2.25. The Labute approximate surface area is 158 Å². The number of hydrogen-bond acceptors (Lipinski definition) is 4. The molecule has 1 heterocycles. The molecule has 1 unspecified atom stereocenters. The van der Waals surface area contributed by atoms with Crippen LogP contribution in [0.25, 0.3) is 0 Å². The summed E-state index contributed by atoms with van der Waals surface area (Å²) >= 11 is 0. The van der Waals surface area contributed by atoms with Crippen LogP contribution in [0.2, 0.25) is 0 Å². The molecule has 0 spiro atoms. The van der Waals surface area contributed by atoms with Crippen LogP contribution < -0.4 is 20.1 Å². The van der Waals surface area contributed by atoms with Gasteiger partial charge < -0.3 is 20.1 Å². The van der Waals surface area contributed by atoms with E-state index >= 15 is 0 Å². The van der Waals surface area contributed by atoms with Gasteiger partial charge in [0.05, 0.1) is 0 Å². The van der Waals surface area contributed by atoms with Crippen LogP contribution in [-0.2, 0) is 4.79 Å². The van der Waals surface area contributed by atoms with Gasteiger partial charge in [-0.2, -0.15) is 0 Å². The lowest BCUT2D eigenvalue weighted by Gasteiger charge is -2.23. The third-order valence-corrected chi connectivity index (χ3v) is 4.36. The summed E-state index contributed by atoms with van der Waals surface area (Å²) in [5.41, 5.74) is 2.20. The van der Waals surface area contributed by atoms with Gasteiger partial charge in [-0.1, -0.05) is 31.5 Å². The van der Waals surface area contributed by atoms with Crippen LogP contribution in [0.4, 0.5) is 5.69 Å². The van der Waals surface area contributed by atoms with Crippen molar-refractivity contribution in [2.75, 3.05) is 18.5 Å². The fourth-order valence-corrected chi connectivity index (χ4v) is 2.81. The van der Waals surface area contributed by atoms with E-state index in [9.17, 15) is 9.59 Å². The van der Waals surface area contributed by atoms with E-state index in [2.05, 4.69) is 10.6 Å². The van der Waals surface area contributed by atoms with Crippen LogP contribution in [0.3, 0.4) is 0 Å². The number of carbonyl (C=O) groups excluding carboxylic acids is 2. The van der Waals surface area contributed by atoms with Crippen molar-refractivity contribution in [2.45, 2.75) is 26.8 Å². The molecule has 0 bridgehead atoms. The van der Waals surface area contributed by atoms with Gasteiger partial charge in [-0.25, -0.2) is 0 Å². The maximum absolute atomic E-state index is 12.7. The summed E-state index contributed by atoms with van der Waals surface area (Å²) in [4.78, 5) is 25.2. The smallest absolute Gasteiger partial charge is 0.251 e. The number of amides is 2. The molecule has 142 valence electrons. The summed E-state index contributed by atoms with van der Waals surface area (Å²) in [5, 5.41) is 5.68. The Morgan fingerprint density at radius 3 is 2.30 bits per heavy atom. The van der Waals surface area contributed by atoms with Crippen molar-refractivity contribution in [1.82, 2.24) is 5.32 Å². The second-order valence-electron chi connectivity index (χ2n) is 6.91. The minimum atomic E-state index is -0.660. The maximum atomic E-state index is 12.7. The molecule has 0 radical (unpaired) electrons. The second kappa shape index (κ2) is 8.12. The van der Waals surface area contributed by atoms with Crippen molar-refractivity contribution in [3.63, 3.8) is 0 Å². The Morgan fingerprint density at radius 1 is 0.963 bits per heavy atom. The molecular formula is C21H24N2O4. The highest BCUT2D eigenvalue weighted by atomic mass is 16.6. The molecule has 2 aromatic carbocycles. The summed E-state index contributed by atoms with van der Waals surface area (Å²) in [6.07, 6.45) is 0. The zero-order chi connectivity index (χ0) is 19.4. The molecule has 1 aliphatic heterocycles. The lowest BCUT2D eigenvalue weighted by molar-refractivity contribution is -0.118. The summed E-state index contributed by atoms with van der Waals surface area (Å²) in [6, 6.07) is 11.8. The molecule has 0 aliphatic carbocycles. The minimum Gasteiger partial charge on any atom is -0.486 e. The predicted molar refractivity (Wildman–Crippen MR) is 103 cm³/mol. The number of ether oxygens (including phenoxy) is 2. The van der Waals surface area contributed by atoms with Gasteiger partial charge in [0.1, 0.15) is 19.3 Å². The Morgan fingerprint density at radius 2 is 1.63 bits per heavy atom. The van der Waals surface area contributed by atoms with Crippen LogP contribution in [-0.4, -0.2) is 31.1 Å². The molecular weight excluding hydrogens is 344 g/mol. The SMILES string of the molecule is Cc1ccc(C(=O)NC(C(=O)Nc2ccc3c(c2)OCCO3)C(C)C)cc1. The molecule has 0 saturated heterocycles.